The van der Waals surface area contributed by atoms with E-state index in [0.717, 1.165) is 31.4 Å². The average molecular weight is 400 g/mol. The predicted molar refractivity (Wildman–Crippen MR) is 106 cm³/mol. The van der Waals surface area contributed by atoms with Crippen LogP contribution in [0.3, 0.4) is 0 Å². The molecule has 2 fully saturated rings. The molecule has 3 heterocycles. The first kappa shape index (κ1) is 19.4. The third-order valence-corrected chi connectivity index (χ3v) is 5.67. The van der Waals surface area contributed by atoms with Crippen molar-refractivity contribution in [3.8, 4) is 6.01 Å². The van der Waals surface area contributed by atoms with Crippen LogP contribution in [0.15, 0.2) is 25.2 Å². The van der Waals surface area contributed by atoms with Gasteiger partial charge in [-0.3, -0.25) is 14.6 Å². The second-order valence-electron chi connectivity index (χ2n) is 7.55. The van der Waals surface area contributed by atoms with Gasteiger partial charge in [0.1, 0.15) is 5.39 Å². The highest BCUT2D eigenvalue weighted by Crippen LogP contribution is 2.27. The van der Waals surface area contributed by atoms with Crippen molar-refractivity contribution < 1.29 is 14.0 Å². The van der Waals surface area contributed by atoms with E-state index in [1.165, 1.54) is 6.07 Å². The number of likely N-dealkylation sites (tertiary alicyclic amines) is 1. The molecule has 1 saturated carbocycles. The van der Waals surface area contributed by atoms with Crippen LogP contribution in [0.1, 0.15) is 51.0 Å². The number of H-pyrrole nitrogens is 1. The number of fused-ring (bicyclic) bond motifs is 1. The van der Waals surface area contributed by atoms with Crippen molar-refractivity contribution in [2.75, 3.05) is 13.1 Å². The number of oxime groups is 1. The number of rotatable bonds is 4. The van der Waals surface area contributed by atoms with Crippen LogP contribution < -0.4 is 16.0 Å². The number of nitrogens with one attached hydrogen (secondary N) is 1. The van der Waals surface area contributed by atoms with Gasteiger partial charge in [0.25, 0.3) is 5.56 Å². The number of hydrogen-bond acceptors (Lipinski definition) is 7. The standard InChI is InChI=1S/C20H24N4O5/c1-2-12-11-15(25)28-18-16(12)17(26)21-20(22-18)29-23-14-7-9-24(10-8-14)19(27)13-5-3-4-6-13/h11,13H,2-10H2,1H3,(H,21,22,26). The number of nitrogens with zero attached hydrogens (tertiary/aromatic N) is 3. The number of aromatic amines is 1. The number of amides is 1. The van der Waals surface area contributed by atoms with Crippen molar-refractivity contribution in [3.63, 3.8) is 0 Å². The Morgan fingerprint density at radius 1 is 1.31 bits per heavy atom. The second kappa shape index (κ2) is 8.18. The highest BCUT2D eigenvalue weighted by molar-refractivity contribution is 5.88. The molecule has 2 aliphatic rings. The molecule has 0 spiro atoms. The fraction of sp³-hybridized carbons (Fsp3) is 0.550. The lowest BCUT2D eigenvalue weighted by Gasteiger charge is -2.29. The zero-order valence-electron chi connectivity index (χ0n) is 16.4. The number of carbonyl (C=O) groups excluding carboxylic acids is 1. The molecule has 1 aliphatic heterocycles. The minimum atomic E-state index is -0.566. The topological polar surface area (TPSA) is 118 Å². The summed E-state index contributed by atoms with van der Waals surface area (Å²) in [6, 6.07) is 1.16. The average Bonchev–Trinajstić information content (AvgIpc) is 3.26. The molecule has 29 heavy (non-hydrogen) atoms. The van der Waals surface area contributed by atoms with Crippen molar-refractivity contribution in [3.05, 3.63) is 32.4 Å². The summed E-state index contributed by atoms with van der Waals surface area (Å²) in [7, 11) is 0. The maximum absolute atomic E-state index is 12.5. The highest BCUT2D eigenvalue weighted by atomic mass is 16.6. The largest absolute Gasteiger partial charge is 0.403 e. The first-order chi connectivity index (χ1) is 14.0. The Morgan fingerprint density at radius 2 is 2.03 bits per heavy atom. The van der Waals surface area contributed by atoms with E-state index >= 15 is 0 Å². The Bertz CT molecular complexity index is 1050. The van der Waals surface area contributed by atoms with Crippen LogP contribution in [-0.4, -0.2) is 39.6 Å². The Kier molecular flexibility index (Phi) is 5.46. The number of carbonyl (C=O) groups is 1. The molecule has 0 bridgehead atoms. The Morgan fingerprint density at radius 3 is 2.72 bits per heavy atom. The van der Waals surface area contributed by atoms with Crippen molar-refractivity contribution in [2.45, 2.75) is 51.9 Å². The van der Waals surface area contributed by atoms with Gasteiger partial charge >= 0.3 is 11.6 Å². The summed E-state index contributed by atoms with van der Waals surface area (Å²) >= 11 is 0. The van der Waals surface area contributed by atoms with Gasteiger partial charge in [0.2, 0.25) is 11.6 Å². The van der Waals surface area contributed by atoms with Gasteiger partial charge in [0.05, 0.1) is 5.71 Å². The SMILES string of the molecule is CCc1cc(=O)oc2nc(ON=C3CCN(C(=O)C4CCCC4)CC3)[nH]c(=O)c12. The number of piperidine rings is 1. The molecule has 0 atom stereocenters. The molecule has 154 valence electrons. The number of aryl methyl sites for hydroxylation is 1. The van der Waals surface area contributed by atoms with Gasteiger partial charge < -0.3 is 14.2 Å². The third kappa shape index (κ3) is 4.08. The smallest absolute Gasteiger partial charge is 0.337 e. The Labute approximate surface area is 166 Å². The zero-order valence-corrected chi connectivity index (χ0v) is 16.4. The lowest BCUT2D eigenvalue weighted by Crippen LogP contribution is -2.41. The van der Waals surface area contributed by atoms with Crippen LogP contribution in [0.25, 0.3) is 11.1 Å². The van der Waals surface area contributed by atoms with E-state index in [-0.39, 0.29) is 28.9 Å². The third-order valence-electron chi connectivity index (χ3n) is 5.67. The van der Waals surface area contributed by atoms with Gasteiger partial charge in [0.15, 0.2) is 0 Å². The van der Waals surface area contributed by atoms with Crippen molar-refractivity contribution in [1.82, 2.24) is 14.9 Å². The van der Waals surface area contributed by atoms with Gasteiger partial charge in [0, 0.05) is 37.9 Å². The lowest BCUT2D eigenvalue weighted by atomic mass is 10.0. The first-order valence-corrected chi connectivity index (χ1v) is 10.1. The molecular formula is C20H24N4O5. The van der Waals surface area contributed by atoms with E-state index in [4.69, 9.17) is 9.25 Å². The summed E-state index contributed by atoms with van der Waals surface area (Å²) in [5.41, 5.74) is 0.297. The fourth-order valence-electron chi connectivity index (χ4n) is 4.07. The van der Waals surface area contributed by atoms with E-state index in [1.54, 1.807) is 0 Å². The van der Waals surface area contributed by atoms with E-state index < -0.39 is 11.2 Å². The predicted octanol–water partition coefficient (Wildman–Crippen LogP) is 1.99. The maximum atomic E-state index is 12.5. The molecule has 1 amide bonds. The summed E-state index contributed by atoms with van der Waals surface area (Å²) in [5, 5.41) is 4.33. The van der Waals surface area contributed by atoms with Crippen LogP contribution >= 0.6 is 0 Å². The van der Waals surface area contributed by atoms with Crippen LogP contribution in [0.5, 0.6) is 6.01 Å². The molecular weight excluding hydrogens is 376 g/mol. The van der Waals surface area contributed by atoms with Crippen LogP contribution in [0.4, 0.5) is 0 Å². The van der Waals surface area contributed by atoms with Gasteiger partial charge in [-0.15, -0.1) is 0 Å². The van der Waals surface area contributed by atoms with Crippen molar-refractivity contribution in [2.24, 2.45) is 11.1 Å². The fourth-order valence-corrected chi connectivity index (χ4v) is 4.07. The minimum Gasteiger partial charge on any atom is -0.403 e. The van der Waals surface area contributed by atoms with E-state index in [0.29, 0.717) is 37.9 Å². The number of aromatic nitrogens is 2. The summed E-state index contributed by atoms with van der Waals surface area (Å²) in [5.74, 6) is 0.434. The van der Waals surface area contributed by atoms with Gasteiger partial charge in [-0.25, -0.2) is 4.79 Å². The first-order valence-electron chi connectivity index (χ1n) is 10.1. The molecule has 0 unspecified atom stereocenters. The normalized spacial score (nSPS) is 17.7. The minimum absolute atomic E-state index is 0.0646. The molecule has 2 aromatic rings. The molecule has 1 saturated heterocycles. The van der Waals surface area contributed by atoms with Gasteiger partial charge in [-0.1, -0.05) is 24.9 Å². The molecule has 2 aromatic heterocycles. The van der Waals surface area contributed by atoms with E-state index in [2.05, 4.69) is 15.1 Å². The summed E-state index contributed by atoms with van der Waals surface area (Å²) < 4.78 is 5.05. The monoisotopic (exact) mass is 400 g/mol. The molecule has 0 aromatic carbocycles. The molecule has 0 radical (unpaired) electrons. The Hall–Kier alpha value is -2.97. The molecule has 9 heteroatoms. The zero-order chi connectivity index (χ0) is 20.4. The maximum Gasteiger partial charge on any atom is 0.337 e. The highest BCUT2D eigenvalue weighted by Gasteiger charge is 2.29. The molecule has 9 nitrogen and oxygen atoms in total. The van der Waals surface area contributed by atoms with Crippen molar-refractivity contribution in [1.29, 1.82) is 0 Å². The van der Waals surface area contributed by atoms with E-state index in [1.807, 2.05) is 11.8 Å². The molecule has 4 rings (SSSR count). The van der Waals surface area contributed by atoms with Crippen LogP contribution in [-0.2, 0) is 11.2 Å². The lowest BCUT2D eigenvalue weighted by molar-refractivity contribution is -0.135. The van der Waals surface area contributed by atoms with E-state index in [9.17, 15) is 14.4 Å². The van der Waals surface area contributed by atoms with Gasteiger partial charge in [-0.05, 0) is 24.8 Å². The second-order valence-corrected chi connectivity index (χ2v) is 7.55. The molecule has 1 N–H and O–H groups in total. The van der Waals surface area contributed by atoms with Crippen molar-refractivity contribution >= 4 is 22.7 Å². The molecule has 1 aliphatic carbocycles. The Balaban J connectivity index is 1.44. The van der Waals surface area contributed by atoms with Crippen LogP contribution in [0.2, 0.25) is 0 Å². The van der Waals surface area contributed by atoms with Gasteiger partial charge in [-0.2, -0.15) is 4.98 Å². The van der Waals surface area contributed by atoms with Crippen LogP contribution in [0, 0.1) is 5.92 Å². The summed E-state index contributed by atoms with van der Waals surface area (Å²) in [4.78, 5) is 50.3. The quantitative estimate of drug-likeness (QED) is 0.784. The summed E-state index contributed by atoms with van der Waals surface area (Å²) in [6.07, 6.45) is 6.01. The number of hydrogen-bond donors (Lipinski definition) is 1. The summed E-state index contributed by atoms with van der Waals surface area (Å²) in [6.45, 7) is 3.08.